The Bertz CT molecular complexity index is 223. The fourth-order valence-corrected chi connectivity index (χ4v) is 2.50. The number of likely N-dealkylation sites (tertiary alicyclic amines) is 1. The summed E-state index contributed by atoms with van der Waals surface area (Å²) in [5, 5.41) is 3.69. The van der Waals surface area contributed by atoms with E-state index in [1.165, 1.54) is 25.9 Å². The molecule has 0 aliphatic carbocycles. The van der Waals surface area contributed by atoms with E-state index in [0.717, 1.165) is 18.8 Å². The van der Waals surface area contributed by atoms with Gasteiger partial charge >= 0.3 is 0 Å². The Labute approximate surface area is 101 Å². The highest BCUT2D eigenvalue weighted by Gasteiger charge is 2.23. The lowest BCUT2D eigenvalue weighted by molar-refractivity contribution is 0.183. The Morgan fingerprint density at radius 2 is 2.06 bits per heavy atom. The topological polar surface area (TPSA) is 15.3 Å². The maximum Gasteiger partial charge on any atom is 0.0240 e. The van der Waals surface area contributed by atoms with E-state index in [9.17, 15) is 0 Å². The van der Waals surface area contributed by atoms with Gasteiger partial charge in [-0.3, -0.25) is 0 Å². The zero-order chi connectivity index (χ0) is 12.0. The second kappa shape index (κ2) is 6.93. The normalized spacial score (nSPS) is 22.6. The first-order valence-corrected chi connectivity index (χ1v) is 6.55. The zero-order valence-electron chi connectivity index (χ0n) is 11.0. The summed E-state index contributed by atoms with van der Waals surface area (Å²) in [7, 11) is 2.21. The average molecular weight is 222 g/mol. The Balaban J connectivity index is 2.33. The highest BCUT2D eigenvalue weighted by molar-refractivity contribution is 4.91. The first kappa shape index (κ1) is 13.5. The van der Waals surface area contributed by atoms with Crippen molar-refractivity contribution in [3.63, 3.8) is 0 Å². The molecule has 1 rings (SSSR count). The fraction of sp³-hybridized carbons (Fsp3) is 0.857. The quantitative estimate of drug-likeness (QED) is 0.717. The third kappa shape index (κ3) is 4.15. The van der Waals surface area contributed by atoms with E-state index < -0.39 is 0 Å². The molecule has 0 bridgehead atoms. The first-order valence-electron chi connectivity index (χ1n) is 6.55. The molecule has 1 N–H and O–H groups in total. The number of terminal acetylenes is 1. The minimum Gasteiger partial charge on any atom is -0.310 e. The molecule has 0 spiro atoms. The van der Waals surface area contributed by atoms with Gasteiger partial charge in [-0.25, -0.2) is 0 Å². The first-order chi connectivity index (χ1) is 7.67. The molecule has 0 aromatic heterocycles. The number of rotatable bonds is 5. The summed E-state index contributed by atoms with van der Waals surface area (Å²) >= 11 is 0. The van der Waals surface area contributed by atoms with Crippen molar-refractivity contribution in [3.8, 4) is 12.3 Å². The van der Waals surface area contributed by atoms with Crippen LogP contribution in [0.25, 0.3) is 0 Å². The molecule has 0 aromatic rings. The van der Waals surface area contributed by atoms with Gasteiger partial charge in [0.1, 0.15) is 0 Å². The van der Waals surface area contributed by atoms with Crippen LogP contribution in [0, 0.1) is 18.3 Å². The van der Waals surface area contributed by atoms with Gasteiger partial charge in [0.25, 0.3) is 0 Å². The standard InChI is InChI=1S/C14H26N2/c1-5-7-14(6-2)15-12(3)13-8-10-16(4)11-9-13/h1,12-15H,6-11H2,2-4H3. The summed E-state index contributed by atoms with van der Waals surface area (Å²) in [6, 6.07) is 1.10. The van der Waals surface area contributed by atoms with E-state index in [2.05, 4.69) is 37.0 Å². The van der Waals surface area contributed by atoms with Gasteiger partial charge in [0, 0.05) is 18.5 Å². The van der Waals surface area contributed by atoms with Crippen molar-refractivity contribution in [2.45, 2.75) is 51.6 Å². The van der Waals surface area contributed by atoms with Crippen molar-refractivity contribution in [3.05, 3.63) is 0 Å². The molecule has 0 radical (unpaired) electrons. The summed E-state index contributed by atoms with van der Waals surface area (Å²) < 4.78 is 0. The molecule has 1 heterocycles. The Morgan fingerprint density at radius 1 is 1.44 bits per heavy atom. The molecular weight excluding hydrogens is 196 g/mol. The molecule has 1 aliphatic heterocycles. The second-order valence-electron chi connectivity index (χ2n) is 5.11. The summed E-state index contributed by atoms with van der Waals surface area (Å²) in [5.74, 6) is 3.59. The lowest BCUT2D eigenvalue weighted by Crippen LogP contribution is -2.44. The lowest BCUT2D eigenvalue weighted by Gasteiger charge is -2.34. The van der Waals surface area contributed by atoms with Gasteiger partial charge in [0.05, 0.1) is 0 Å². The van der Waals surface area contributed by atoms with Crippen LogP contribution in [0.3, 0.4) is 0 Å². The smallest absolute Gasteiger partial charge is 0.0240 e. The van der Waals surface area contributed by atoms with Gasteiger partial charge in [-0.2, -0.15) is 0 Å². The van der Waals surface area contributed by atoms with E-state index >= 15 is 0 Å². The molecule has 1 saturated heterocycles. The molecule has 2 unspecified atom stereocenters. The van der Waals surface area contributed by atoms with Gasteiger partial charge < -0.3 is 10.2 Å². The molecular formula is C14H26N2. The van der Waals surface area contributed by atoms with Gasteiger partial charge in [-0.15, -0.1) is 12.3 Å². The van der Waals surface area contributed by atoms with E-state index in [-0.39, 0.29) is 0 Å². The van der Waals surface area contributed by atoms with Crippen LogP contribution in [-0.2, 0) is 0 Å². The zero-order valence-corrected chi connectivity index (χ0v) is 11.0. The Kier molecular flexibility index (Phi) is 5.87. The number of nitrogens with one attached hydrogen (secondary N) is 1. The highest BCUT2D eigenvalue weighted by atomic mass is 15.1. The van der Waals surface area contributed by atoms with E-state index in [1.807, 2.05) is 0 Å². The number of hydrogen-bond donors (Lipinski definition) is 1. The van der Waals surface area contributed by atoms with Crippen LogP contribution in [0.5, 0.6) is 0 Å². The van der Waals surface area contributed by atoms with Crippen LogP contribution in [0.4, 0.5) is 0 Å². The van der Waals surface area contributed by atoms with Crippen molar-refractivity contribution < 1.29 is 0 Å². The predicted molar refractivity (Wildman–Crippen MR) is 70.3 cm³/mol. The maximum absolute atomic E-state index is 5.38. The third-order valence-corrected chi connectivity index (χ3v) is 3.83. The largest absolute Gasteiger partial charge is 0.310 e. The molecule has 2 atom stereocenters. The number of hydrogen-bond acceptors (Lipinski definition) is 2. The predicted octanol–water partition coefficient (Wildman–Crippen LogP) is 2.11. The Hall–Kier alpha value is -0.520. The summed E-state index contributed by atoms with van der Waals surface area (Å²) in [6.45, 7) is 7.00. The molecule has 1 fully saturated rings. The summed E-state index contributed by atoms with van der Waals surface area (Å²) in [5.41, 5.74) is 0. The molecule has 0 aromatic carbocycles. The van der Waals surface area contributed by atoms with Crippen LogP contribution >= 0.6 is 0 Å². The molecule has 92 valence electrons. The van der Waals surface area contributed by atoms with Gasteiger partial charge in [-0.1, -0.05) is 6.92 Å². The number of piperidine rings is 1. The fourth-order valence-electron chi connectivity index (χ4n) is 2.50. The van der Waals surface area contributed by atoms with E-state index in [4.69, 9.17) is 6.42 Å². The minimum atomic E-state index is 0.500. The molecule has 1 aliphatic rings. The molecule has 2 heteroatoms. The van der Waals surface area contributed by atoms with E-state index in [1.54, 1.807) is 0 Å². The van der Waals surface area contributed by atoms with Crippen LogP contribution < -0.4 is 5.32 Å². The third-order valence-electron chi connectivity index (χ3n) is 3.83. The molecule has 0 amide bonds. The van der Waals surface area contributed by atoms with Crippen molar-refractivity contribution in [2.75, 3.05) is 20.1 Å². The van der Waals surface area contributed by atoms with Crippen LogP contribution in [0.15, 0.2) is 0 Å². The minimum absolute atomic E-state index is 0.500. The van der Waals surface area contributed by atoms with E-state index in [0.29, 0.717) is 12.1 Å². The van der Waals surface area contributed by atoms with Crippen molar-refractivity contribution >= 4 is 0 Å². The summed E-state index contributed by atoms with van der Waals surface area (Å²) in [6.07, 6.45) is 9.99. The van der Waals surface area contributed by atoms with Crippen LogP contribution in [0.2, 0.25) is 0 Å². The number of nitrogens with zero attached hydrogens (tertiary/aromatic N) is 1. The summed E-state index contributed by atoms with van der Waals surface area (Å²) in [4.78, 5) is 2.42. The SMILES string of the molecule is C#CCC(CC)NC(C)C1CCN(C)CC1. The van der Waals surface area contributed by atoms with Crippen molar-refractivity contribution in [1.29, 1.82) is 0 Å². The monoisotopic (exact) mass is 222 g/mol. The molecule has 2 nitrogen and oxygen atoms in total. The second-order valence-corrected chi connectivity index (χ2v) is 5.11. The van der Waals surface area contributed by atoms with Gasteiger partial charge in [0.2, 0.25) is 0 Å². The average Bonchev–Trinajstić information content (AvgIpc) is 2.29. The molecule has 0 saturated carbocycles. The van der Waals surface area contributed by atoms with Crippen molar-refractivity contribution in [1.82, 2.24) is 10.2 Å². The lowest BCUT2D eigenvalue weighted by atomic mass is 9.90. The van der Waals surface area contributed by atoms with Crippen LogP contribution in [-0.4, -0.2) is 37.1 Å². The van der Waals surface area contributed by atoms with Crippen LogP contribution in [0.1, 0.15) is 39.5 Å². The van der Waals surface area contributed by atoms with Crippen molar-refractivity contribution in [2.24, 2.45) is 5.92 Å². The molecule has 16 heavy (non-hydrogen) atoms. The van der Waals surface area contributed by atoms with Gasteiger partial charge in [-0.05, 0) is 52.2 Å². The maximum atomic E-state index is 5.38. The highest BCUT2D eigenvalue weighted by Crippen LogP contribution is 2.20. The van der Waals surface area contributed by atoms with Gasteiger partial charge in [0.15, 0.2) is 0 Å². The Morgan fingerprint density at radius 3 is 2.56 bits per heavy atom.